The number of benzene rings is 9. The molecule has 0 aliphatic heterocycles. The highest BCUT2D eigenvalue weighted by Crippen LogP contribution is 2.44. The van der Waals surface area contributed by atoms with Gasteiger partial charge >= 0.3 is 0 Å². The number of thiophene rings is 1. The fourth-order valence-corrected chi connectivity index (χ4v) is 9.78. The molecule has 290 valence electrons. The fraction of sp³-hybridized carbons (Fsp3) is 0. The van der Waals surface area contributed by atoms with Gasteiger partial charge in [0, 0.05) is 53.3 Å². The van der Waals surface area contributed by atoms with E-state index in [1.165, 1.54) is 0 Å². The Bertz CT molecular complexity index is 3790. The van der Waals surface area contributed by atoms with E-state index in [2.05, 4.69) is 108 Å². The van der Waals surface area contributed by atoms with E-state index in [-0.39, 0.29) is 29.7 Å². The summed E-state index contributed by atoms with van der Waals surface area (Å²) in [5.74, 6) is 1.56. The maximum Gasteiger partial charge on any atom is 0.165 e. The van der Waals surface area contributed by atoms with E-state index in [1.807, 2.05) is 84.9 Å². The molecular weight excluding hydrogens is 773 g/mol. The SMILES string of the molecule is [2H]c1c([2H])c([2H])c(-c2ccc3sc4c(-c5nc(-c6ccccc6)nc(-c6cc(-c7ccccc7)cc(-c7ccccc7)c6)n5)cc(-n5c6ccccc6c6ccccc65)cc4c3c2)c([2H])c1[2H]. The van der Waals surface area contributed by atoms with Crippen molar-refractivity contribution in [2.45, 2.75) is 0 Å². The van der Waals surface area contributed by atoms with Crippen LogP contribution in [0.2, 0.25) is 0 Å². The minimum atomic E-state index is -0.420. The van der Waals surface area contributed by atoms with Crippen LogP contribution < -0.4 is 0 Å². The zero-order valence-electron chi connectivity index (χ0n) is 38.1. The summed E-state index contributed by atoms with van der Waals surface area (Å²) in [5.41, 5.74) is 10.4. The molecule has 0 amide bonds. The summed E-state index contributed by atoms with van der Waals surface area (Å²) in [7, 11) is 0. The molecule has 0 saturated carbocycles. The second kappa shape index (κ2) is 14.9. The molecule has 5 heteroatoms. The first-order chi connectivity index (χ1) is 32.8. The van der Waals surface area contributed by atoms with Gasteiger partial charge in [-0.25, -0.2) is 15.0 Å². The second-order valence-electron chi connectivity index (χ2n) is 15.3. The number of hydrogen-bond acceptors (Lipinski definition) is 4. The van der Waals surface area contributed by atoms with Crippen molar-refractivity contribution in [1.29, 1.82) is 0 Å². The highest BCUT2D eigenvalue weighted by Gasteiger charge is 2.21. The van der Waals surface area contributed by atoms with Crippen molar-refractivity contribution in [2.75, 3.05) is 0 Å². The second-order valence-corrected chi connectivity index (χ2v) is 16.3. The molecule has 3 heterocycles. The van der Waals surface area contributed by atoms with Gasteiger partial charge in [0.05, 0.1) is 17.9 Å². The van der Waals surface area contributed by atoms with Gasteiger partial charge in [0.1, 0.15) is 0 Å². The Kier molecular flexibility index (Phi) is 7.46. The zero-order chi connectivity index (χ0) is 45.3. The van der Waals surface area contributed by atoms with Crippen LogP contribution in [0.15, 0.2) is 218 Å². The van der Waals surface area contributed by atoms with E-state index in [0.717, 1.165) is 86.6 Å². The molecule has 0 atom stereocenters. The molecule has 0 aliphatic carbocycles. The summed E-state index contributed by atoms with van der Waals surface area (Å²) in [6, 6.07) is 62.5. The van der Waals surface area contributed by atoms with Gasteiger partial charge in [-0.3, -0.25) is 0 Å². The van der Waals surface area contributed by atoms with Crippen LogP contribution in [-0.2, 0) is 0 Å². The lowest BCUT2D eigenvalue weighted by Crippen LogP contribution is -2.02. The van der Waals surface area contributed by atoms with Crippen LogP contribution in [0, 0.1) is 0 Å². The van der Waals surface area contributed by atoms with Crippen LogP contribution in [0.4, 0.5) is 0 Å². The quantitative estimate of drug-likeness (QED) is 0.161. The molecular formula is C57H36N4S. The van der Waals surface area contributed by atoms with Crippen LogP contribution in [-0.4, -0.2) is 19.5 Å². The Labute approximate surface area is 369 Å². The molecule has 12 rings (SSSR count). The van der Waals surface area contributed by atoms with E-state index >= 15 is 0 Å². The predicted octanol–water partition coefficient (Wildman–Crippen LogP) is 15.3. The molecule has 3 aromatic heterocycles. The number of para-hydroxylation sites is 2. The normalized spacial score (nSPS) is 12.7. The first kappa shape index (κ1) is 31.0. The van der Waals surface area contributed by atoms with Gasteiger partial charge < -0.3 is 4.57 Å². The van der Waals surface area contributed by atoms with E-state index < -0.39 is 6.04 Å². The lowest BCUT2D eigenvalue weighted by Gasteiger charge is -2.14. The minimum absolute atomic E-state index is 0.160. The van der Waals surface area contributed by atoms with Crippen LogP contribution in [0.1, 0.15) is 6.85 Å². The van der Waals surface area contributed by atoms with Crippen molar-refractivity contribution < 1.29 is 6.85 Å². The van der Waals surface area contributed by atoms with Crippen molar-refractivity contribution in [3.63, 3.8) is 0 Å². The lowest BCUT2D eigenvalue weighted by atomic mass is 9.96. The standard InChI is InChI=1S/C57H36N4S/c1-5-17-37(18-6-1)41-29-30-53-48(34-41)49-35-45(61-51-27-15-13-25-46(51)47-26-14-16-28-52(47)61)36-50(54(49)62-53)57-59-55(40-23-11-4-12-24-40)58-56(60-57)44-32-42(38-19-7-2-8-20-38)31-43(33-44)39-21-9-3-10-22-39/h1-36H/i1D,5D,6D,17D,18D. The van der Waals surface area contributed by atoms with E-state index in [4.69, 9.17) is 21.8 Å². The molecule has 0 fully saturated rings. The van der Waals surface area contributed by atoms with Gasteiger partial charge in [-0.05, 0) is 88.0 Å². The third-order valence-corrected chi connectivity index (χ3v) is 12.7. The average Bonchev–Trinajstić information content (AvgIpc) is 3.93. The molecule has 0 bridgehead atoms. The molecule has 9 aromatic carbocycles. The number of rotatable bonds is 7. The van der Waals surface area contributed by atoms with Crippen LogP contribution in [0.25, 0.3) is 115 Å². The van der Waals surface area contributed by atoms with Crippen molar-refractivity contribution in [1.82, 2.24) is 19.5 Å². The Morgan fingerprint density at radius 3 is 1.53 bits per heavy atom. The monoisotopic (exact) mass is 813 g/mol. The van der Waals surface area contributed by atoms with Gasteiger partial charge in [-0.15, -0.1) is 11.3 Å². The Balaban J connectivity index is 1.17. The van der Waals surface area contributed by atoms with Crippen molar-refractivity contribution in [2.24, 2.45) is 0 Å². The van der Waals surface area contributed by atoms with Crippen molar-refractivity contribution >= 4 is 53.3 Å². The largest absolute Gasteiger partial charge is 0.309 e. The van der Waals surface area contributed by atoms with Crippen molar-refractivity contribution in [3.8, 4) is 73.2 Å². The predicted molar refractivity (Wildman–Crippen MR) is 260 cm³/mol. The number of fused-ring (bicyclic) bond motifs is 6. The maximum absolute atomic E-state index is 8.85. The maximum atomic E-state index is 8.85. The highest BCUT2D eigenvalue weighted by atomic mass is 32.1. The lowest BCUT2D eigenvalue weighted by molar-refractivity contribution is 1.07. The zero-order valence-corrected chi connectivity index (χ0v) is 33.9. The summed E-state index contributed by atoms with van der Waals surface area (Å²) < 4.78 is 47.0. The van der Waals surface area contributed by atoms with Gasteiger partial charge in [0.2, 0.25) is 0 Å². The average molecular weight is 814 g/mol. The molecule has 0 unspecified atom stereocenters. The van der Waals surface area contributed by atoms with Crippen LogP contribution in [0.3, 0.4) is 0 Å². The van der Waals surface area contributed by atoms with E-state index in [0.29, 0.717) is 23.0 Å². The van der Waals surface area contributed by atoms with Gasteiger partial charge in [-0.1, -0.05) is 164 Å². The van der Waals surface area contributed by atoms with E-state index in [1.54, 1.807) is 11.3 Å². The first-order valence-corrected chi connectivity index (χ1v) is 21.2. The summed E-state index contributed by atoms with van der Waals surface area (Å²) in [6.07, 6.45) is 0. The molecule has 0 saturated heterocycles. The van der Waals surface area contributed by atoms with E-state index in [9.17, 15) is 0 Å². The molecule has 4 nitrogen and oxygen atoms in total. The summed E-state index contributed by atoms with van der Waals surface area (Å²) in [6.45, 7) is 0. The summed E-state index contributed by atoms with van der Waals surface area (Å²) in [5, 5.41) is 4.05. The number of nitrogens with zero attached hydrogens (tertiary/aromatic N) is 4. The Morgan fingerprint density at radius 1 is 0.371 bits per heavy atom. The fourth-order valence-electron chi connectivity index (χ4n) is 8.60. The summed E-state index contributed by atoms with van der Waals surface area (Å²) in [4.78, 5) is 16.0. The van der Waals surface area contributed by atoms with Crippen LogP contribution in [0.5, 0.6) is 0 Å². The molecule has 0 radical (unpaired) electrons. The molecule has 0 spiro atoms. The Morgan fingerprint density at radius 2 is 0.903 bits per heavy atom. The Hall–Kier alpha value is -7.99. The highest BCUT2D eigenvalue weighted by molar-refractivity contribution is 7.26. The molecule has 62 heavy (non-hydrogen) atoms. The van der Waals surface area contributed by atoms with Gasteiger partial charge in [0.15, 0.2) is 17.5 Å². The molecule has 12 aromatic rings. The number of hydrogen-bond donors (Lipinski definition) is 0. The van der Waals surface area contributed by atoms with Gasteiger partial charge in [0.25, 0.3) is 0 Å². The van der Waals surface area contributed by atoms with Crippen LogP contribution >= 0.6 is 11.3 Å². The third-order valence-electron chi connectivity index (χ3n) is 11.5. The summed E-state index contributed by atoms with van der Waals surface area (Å²) >= 11 is 1.61. The van der Waals surface area contributed by atoms with Crippen molar-refractivity contribution in [3.05, 3.63) is 218 Å². The topological polar surface area (TPSA) is 43.6 Å². The molecule has 0 N–H and O–H groups in total. The molecule has 0 aliphatic rings. The first-order valence-electron chi connectivity index (χ1n) is 22.9. The minimum Gasteiger partial charge on any atom is -0.309 e. The third kappa shape index (κ3) is 6.26. The smallest absolute Gasteiger partial charge is 0.165 e. The van der Waals surface area contributed by atoms with Gasteiger partial charge in [-0.2, -0.15) is 0 Å². The number of aromatic nitrogens is 4.